The van der Waals surface area contributed by atoms with E-state index in [1.165, 1.54) is 0 Å². The molecule has 0 spiro atoms. The van der Waals surface area contributed by atoms with Crippen LogP contribution in [0, 0.1) is 0 Å². The maximum absolute atomic E-state index is 13.4. The maximum atomic E-state index is 13.4. The van der Waals surface area contributed by atoms with E-state index in [0.717, 1.165) is 0 Å². The van der Waals surface area contributed by atoms with Gasteiger partial charge in [-0.15, -0.1) is 0 Å². The van der Waals surface area contributed by atoms with Crippen molar-refractivity contribution < 1.29 is 28.9 Å². The van der Waals surface area contributed by atoms with Gasteiger partial charge in [0.25, 0.3) is 0 Å². The molecular formula is C8H9FO5. The first-order valence-corrected chi connectivity index (χ1v) is 4.14. The topological polar surface area (TPSA) is 76.0 Å². The van der Waals surface area contributed by atoms with E-state index in [9.17, 15) is 14.3 Å². The summed E-state index contributed by atoms with van der Waals surface area (Å²) in [5.74, 6) is -2.21. The van der Waals surface area contributed by atoms with E-state index in [1.807, 2.05) is 0 Å². The van der Waals surface area contributed by atoms with Crippen molar-refractivity contribution >= 4 is 5.97 Å². The van der Waals surface area contributed by atoms with Gasteiger partial charge < -0.3 is 19.7 Å². The van der Waals surface area contributed by atoms with Gasteiger partial charge in [0.1, 0.15) is 24.8 Å². The Balaban J connectivity index is 2.33. The van der Waals surface area contributed by atoms with Crippen molar-refractivity contribution in [3.63, 3.8) is 0 Å². The molecular weight excluding hydrogens is 195 g/mol. The highest BCUT2D eigenvalue weighted by molar-refractivity contribution is 5.87. The van der Waals surface area contributed by atoms with Gasteiger partial charge in [-0.25, -0.2) is 9.18 Å². The van der Waals surface area contributed by atoms with E-state index in [2.05, 4.69) is 0 Å². The lowest BCUT2D eigenvalue weighted by atomic mass is 9.91. The summed E-state index contributed by atoms with van der Waals surface area (Å²) in [4.78, 5) is 10.6. The summed E-state index contributed by atoms with van der Waals surface area (Å²) in [7, 11) is 0. The number of halogens is 1. The summed E-state index contributed by atoms with van der Waals surface area (Å²) in [5, 5.41) is 18.1. The molecule has 1 aliphatic carbocycles. The predicted molar refractivity (Wildman–Crippen MR) is 41.0 cm³/mol. The molecule has 0 saturated carbocycles. The fraction of sp³-hybridized carbons (Fsp3) is 0.625. The molecule has 2 rings (SSSR count). The molecule has 14 heavy (non-hydrogen) atoms. The molecule has 2 aliphatic rings. The summed E-state index contributed by atoms with van der Waals surface area (Å²) in [6.07, 6.45) is -3.11. The zero-order valence-electron chi connectivity index (χ0n) is 7.14. The predicted octanol–water partition coefficient (Wildman–Crippen LogP) is -0.199. The summed E-state index contributed by atoms with van der Waals surface area (Å²) in [6, 6.07) is 0. The molecule has 0 radical (unpaired) electrons. The summed E-state index contributed by atoms with van der Waals surface area (Å²) in [5.41, 5.74) is -0.427. The maximum Gasteiger partial charge on any atom is 0.334 e. The van der Waals surface area contributed by atoms with E-state index in [0.29, 0.717) is 0 Å². The minimum absolute atomic E-state index is 0.118. The van der Waals surface area contributed by atoms with Crippen LogP contribution in [0.2, 0.25) is 0 Å². The van der Waals surface area contributed by atoms with Crippen molar-refractivity contribution in [3.05, 3.63) is 11.4 Å². The Morgan fingerprint density at radius 2 is 2.21 bits per heavy atom. The van der Waals surface area contributed by atoms with Crippen LogP contribution in [0.25, 0.3) is 0 Å². The standard InChI is InChI=1S/C8H9FO5/c9-5-3(8(11)12)1-4(10)6-7(5)14-2-13-6/h4,6-7,10H,1-2H2,(H,11,12)/t4-,6+,7-/m1/s1. The van der Waals surface area contributed by atoms with Crippen molar-refractivity contribution in [2.45, 2.75) is 24.7 Å². The molecule has 5 nitrogen and oxygen atoms in total. The minimum Gasteiger partial charge on any atom is -0.478 e. The summed E-state index contributed by atoms with van der Waals surface area (Å²) >= 11 is 0. The number of carboxylic acids is 1. The van der Waals surface area contributed by atoms with Gasteiger partial charge in [-0.1, -0.05) is 0 Å². The normalized spacial score (nSPS) is 37.1. The van der Waals surface area contributed by atoms with Crippen LogP contribution in [0.4, 0.5) is 4.39 Å². The Labute approximate surface area is 78.7 Å². The molecule has 0 aromatic rings. The van der Waals surface area contributed by atoms with Gasteiger partial charge in [-0.2, -0.15) is 0 Å². The second-order valence-electron chi connectivity index (χ2n) is 3.24. The van der Waals surface area contributed by atoms with Crippen LogP contribution >= 0.6 is 0 Å². The van der Waals surface area contributed by atoms with Gasteiger partial charge in [0, 0.05) is 6.42 Å². The van der Waals surface area contributed by atoms with E-state index in [-0.39, 0.29) is 13.2 Å². The summed E-state index contributed by atoms with van der Waals surface area (Å²) in [6.45, 7) is -0.118. The third-order valence-electron chi connectivity index (χ3n) is 2.40. The Morgan fingerprint density at radius 3 is 2.86 bits per heavy atom. The van der Waals surface area contributed by atoms with Crippen LogP contribution in [-0.2, 0) is 14.3 Å². The van der Waals surface area contributed by atoms with Crippen molar-refractivity contribution in [2.24, 2.45) is 0 Å². The van der Waals surface area contributed by atoms with Crippen LogP contribution in [0.15, 0.2) is 11.4 Å². The van der Waals surface area contributed by atoms with E-state index >= 15 is 0 Å². The molecule has 2 N–H and O–H groups in total. The quantitative estimate of drug-likeness (QED) is 0.618. The molecule has 1 fully saturated rings. The number of ether oxygens (including phenoxy) is 2. The first-order chi connectivity index (χ1) is 6.61. The van der Waals surface area contributed by atoms with Gasteiger partial charge in [0.2, 0.25) is 0 Å². The Bertz CT molecular complexity index is 300. The molecule has 78 valence electrons. The highest BCUT2D eigenvalue weighted by atomic mass is 19.1. The molecule has 0 aromatic carbocycles. The monoisotopic (exact) mass is 204 g/mol. The summed E-state index contributed by atoms with van der Waals surface area (Å²) < 4.78 is 23.2. The molecule has 0 unspecified atom stereocenters. The van der Waals surface area contributed by atoms with Crippen molar-refractivity contribution in [2.75, 3.05) is 6.79 Å². The number of aliphatic hydroxyl groups excluding tert-OH is 1. The average molecular weight is 204 g/mol. The van der Waals surface area contributed by atoms with E-state index < -0.39 is 35.7 Å². The number of rotatable bonds is 1. The van der Waals surface area contributed by atoms with Crippen LogP contribution in [0.5, 0.6) is 0 Å². The molecule has 0 aromatic heterocycles. The first-order valence-electron chi connectivity index (χ1n) is 4.14. The van der Waals surface area contributed by atoms with Crippen LogP contribution in [0.3, 0.4) is 0 Å². The zero-order chi connectivity index (χ0) is 10.3. The fourth-order valence-electron chi connectivity index (χ4n) is 1.69. The molecule has 1 heterocycles. The SMILES string of the molecule is O=C(O)C1=C(F)[C@H]2OCO[C@H]2[C@H](O)C1. The third kappa shape index (κ3) is 1.31. The average Bonchev–Trinajstić information content (AvgIpc) is 2.59. The van der Waals surface area contributed by atoms with E-state index in [4.69, 9.17) is 14.6 Å². The first kappa shape index (κ1) is 9.57. The van der Waals surface area contributed by atoms with Crippen molar-refractivity contribution in [3.8, 4) is 0 Å². The van der Waals surface area contributed by atoms with Crippen LogP contribution < -0.4 is 0 Å². The third-order valence-corrected chi connectivity index (χ3v) is 2.40. The smallest absolute Gasteiger partial charge is 0.334 e. The second kappa shape index (κ2) is 3.30. The molecule has 0 bridgehead atoms. The molecule has 6 heteroatoms. The molecule has 1 saturated heterocycles. The fourth-order valence-corrected chi connectivity index (χ4v) is 1.69. The van der Waals surface area contributed by atoms with Gasteiger partial charge >= 0.3 is 5.97 Å². The van der Waals surface area contributed by atoms with E-state index in [1.54, 1.807) is 0 Å². The highest BCUT2D eigenvalue weighted by Gasteiger charge is 2.45. The lowest BCUT2D eigenvalue weighted by Gasteiger charge is -2.26. The number of aliphatic hydroxyl groups is 1. The Morgan fingerprint density at radius 1 is 1.50 bits per heavy atom. The Kier molecular flexibility index (Phi) is 2.26. The van der Waals surface area contributed by atoms with Gasteiger partial charge in [-0.05, 0) is 0 Å². The number of carboxylic acid groups (broad SMARTS) is 1. The van der Waals surface area contributed by atoms with Gasteiger partial charge in [0.15, 0.2) is 0 Å². The number of carbonyl (C=O) groups is 1. The lowest BCUT2D eigenvalue weighted by molar-refractivity contribution is -0.134. The number of aliphatic carboxylic acids is 1. The molecule has 0 amide bonds. The second-order valence-corrected chi connectivity index (χ2v) is 3.24. The highest BCUT2D eigenvalue weighted by Crippen LogP contribution is 2.34. The molecule has 1 aliphatic heterocycles. The van der Waals surface area contributed by atoms with Gasteiger partial charge in [-0.3, -0.25) is 0 Å². The number of hydrogen-bond donors (Lipinski definition) is 2. The minimum atomic E-state index is -1.37. The lowest BCUT2D eigenvalue weighted by Crippen LogP contribution is -2.41. The zero-order valence-corrected chi connectivity index (χ0v) is 7.14. The largest absolute Gasteiger partial charge is 0.478 e. The Hall–Kier alpha value is -0.980. The van der Waals surface area contributed by atoms with Crippen LogP contribution in [-0.4, -0.2) is 41.3 Å². The van der Waals surface area contributed by atoms with Crippen molar-refractivity contribution in [1.82, 2.24) is 0 Å². The van der Waals surface area contributed by atoms with Gasteiger partial charge in [0.05, 0.1) is 11.7 Å². The van der Waals surface area contributed by atoms with Crippen molar-refractivity contribution in [1.29, 1.82) is 0 Å². The molecule has 3 atom stereocenters. The number of fused-ring (bicyclic) bond motifs is 1. The number of hydrogen-bond acceptors (Lipinski definition) is 4. The van der Waals surface area contributed by atoms with Crippen LogP contribution in [0.1, 0.15) is 6.42 Å².